The zero-order chi connectivity index (χ0) is 8.36. The summed E-state index contributed by atoms with van der Waals surface area (Å²) < 4.78 is 19.7. The molecule has 0 aromatic carbocycles. The van der Waals surface area contributed by atoms with Gasteiger partial charge in [0, 0.05) is 11.2 Å². The van der Waals surface area contributed by atoms with E-state index in [0.29, 0.717) is 0 Å². The molecular formula is C5H10NO3S-. The topological polar surface area (TPSA) is 83.2 Å². The second-order valence-corrected chi connectivity index (χ2v) is 4.21. The molecule has 2 N–H and O–H groups in total. The highest BCUT2D eigenvalue weighted by Crippen LogP contribution is 2.14. The van der Waals surface area contributed by atoms with Crippen LogP contribution in [0.15, 0.2) is 0 Å². The molecule has 0 bridgehead atoms. The van der Waals surface area contributed by atoms with Gasteiger partial charge in [0.2, 0.25) is 5.91 Å². The lowest BCUT2D eigenvalue weighted by Gasteiger charge is -2.25. The van der Waals surface area contributed by atoms with Gasteiger partial charge in [0.1, 0.15) is 0 Å². The summed E-state index contributed by atoms with van der Waals surface area (Å²) >= 11 is -2.25. The molecule has 0 rings (SSSR count). The molecule has 0 aliphatic rings. The van der Waals surface area contributed by atoms with Gasteiger partial charge in [0.25, 0.3) is 0 Å². The summed E-state index contributed by atoms with van der Waals surface area (Å²) in [4.78, 5) is 10.3. The van der Waals surface area contributed by atoms with Crippen LogP contribution in [0, 0.1) is 0 Å². The predicted molar refractivity (Wildman–Crippen MR) is 36.8 cm³/mol. The van der Waals surface area contributed by atoms with Gasteiger partial charge in [0.15, 0.2) is 0 Å². The summed E-state index contributed by atoms with van der Waals surface area (Å²) in [5, 5.41) is 0. The third kappa shape index (κ3) is 2.93. The van der Waals surface area contributed by atoms with Crippen molar-refractivity contribution >= 4 is 17.0 Å². The standard InChI is InChI=1S/C5H11NO3S/c1-5(2,10(8)9)3-4(6)7/h3H2,1-2H3,(H2,6,7)(H,8,9)/p-1. The van der Waals surface area contributed by atoms with Crippen LogP contribution in [-0.2, 0) is 15.9 Å². The minimum Gasteiger partial charge on any atom is -0.772 e. The smallest absolute Gasteiger partial charge is 0.218 e. The highest BCUT2D eigenvalue weighted by Gasteiger charge is 2.21. The molecular weight excluding hydrogens is 154 g/mol. The average molecular weight is 164 g/mol. The van der Waals surface area contributed by atoms with Crippen molar-refractivity contribution in [3.63, 3.8) is 0 Å². The van der Waals surface area contributed by atoms with E-state index in [4.69, 9.17) is 5.73 Å². The number of carbonyl (C=O) groups excluding carboxylic acids is 1. The molecule has 5 heteroatoms. The maximum atomic E-state index is 10.3. The Morgan fingerprint density at radius 3 is 2.20 bits per heavy atom. The zero-order valence-electron chi connectivity index (χ0n) is 5.92. The third-order valence-electron chi connectivity index (χ3n) is 1.05. The van der Waals surface area contributed by atoms with Gasteiger partial charge in [-0.3, -0.25) is 9.00 Å². The van der Waals surface area contributed by atoms with E-state index >= 15 is 0 Å². The zero-order valence-corrected chi connectivity index (χ0v) is 6.73. The van der Waals surface area contributed by atoms with Crippen LogP contribution in [0.4, 0.5) is 0 Å². The molecule has 0 aliphatic carbocycles. The van der Waals surface area contributed by atoms with Crippen LogP contribution < -0.4 is 5.73 Å². The van der Waals surface area contributed by atoms with Crippen molar-refractivity contribution in [3.05, 3.63) is 0 Å². The Kier molecular flexibility index (Phi) is 2.98. The van der Waals surface area contributed by atoms with E-state index in [1.165, 1.54) is 13.8 Å². The second kappa shape index (κ2) is 3.12. The van der Waals surface area contributed by atoms with E-state index in [9.17, 15) is 13.6 Å². The molecule has 1 amide bonds. The number of nitrogens with two attached hydrogens (primary N) is 1. The molecule has 60 valence electrons. The fraction of sp³-hybridized carbons (Fsp3) is 0.800. The summed E-state index contributed by atoms with van der Waals surface area (Å²) in [5.41, 5.74) is 4.80. The van der Waals surface area contributed by atoms with Crippen molar-refractivity contribution in [3.8, 4) is 0 Å². The number of hydrogen-bond donors (Lipinski definition) is 1. The van der Waals surface area contributed by atoms with Gasteiger partial charge in [-0.05, 0) is 24.9 Å². The van der Waals surface area contributed by atoms with Crippen LogP contribution in [0.2, 0.25) is 0 Å². The molecule has 0 saturated heterocycles. The van der Waals surface area contributed by atoms with Gasteiger partial charge in [-0.15, -0.1) is 0 Å². The largest absolute Gasteiger partial charge is 0.772 e. The first-order chi connectivity index (χ1) is 4.36. The normalized spacial score (nSPS) is 14.7. The lowest BCUT2D eigenvalue weighted by molar-refractivity contribution is -0.118. The monoisotopic (exact) mass is 164 g/mol. The molecule has 1 atom stereocenters. The lowest BCUT2D eigenvalue weighted by Crippen LogP contribution is -2.32. The quantitative estimate of drug-likeness (QED) is 0.572. The number of primary amides is 1. The number of carbonyl (C=O) groups is 1. The van der Waals surface area contributed by atoms with Gasteiger partial charge in [-0.2, -0.15) is 0 Å². The Balaban J connectivity index is 4.13. The van der Waals surface area contributed by atoms with Crippen molar-refractivity contribution < 1.29 is 13.6 Å². The first kappa shape index (κ1) is 9.58. The molecule has 0 heterocycles. The van der Waals surface area contributed by atoms with Gasteiger partial charge < -0.3 is 10.3 Å². The van der Waals surface area contributed by atoms with E-state index in [-0.39, 0.29) is 6.42 Å². The van der Waals surface area contributed by atoms with E-state index in [0.717, 1.165) is 0 Å². The van der Waals surface area contributed by atoms with Gasteiger partial charge in [-0.1, -0.05) is 0 Å². The van der Waals surface area contributed by atoms with Crippen LogP contribution in [0.5, 0.6) is 0 Å². The summed E-state index contributed by atoms with van der Waals surface area (Å²) in [6.45, 7) is 2.89. The Morgan fingerprint density at radius 1 is 1.70 bits per heavy atom. The first-order valence-electron chi connectivity index (χ1n) is 2.74. The summed E-state index contributed by atoms with van der Waals surface area (Å²) in [6.07, 6.45) is -0.136. The molecule has 10 heavy (non-hydrogen) atoms. The van der Waals surface area contributed by atoms with Crippen LogP contribution in [0.3, 0.4) is 0 Å². The SMILES string of the molecule is CC(C)(CC(N)=O)S(=O)[O-]. The molecule has 4 nitrogen and oxygen atoms in total. The Hall–Kier alpha value is -0.420. The van der Waals surface area contributed by atoms with E-state index in [1.807, 2.05) is 0 Å². The average Bonchev–Trinajstić information content (AvgIpc) is 1.60. The molecule has 0 aliphatic heterocycles. The minimum atomic E-state index is -2.25. The summed E-state index contributed by atoms with van der Waals surface area (Å²) in [5.74, 6) is -0.603. The molecule has 0 saturated carbocycles. The summed E-state index contributed by atoms with van der Waals surface area (Å²) in [7, 11) is 0. The molecule has 0 fully saturated rings. The van der Waals surface area contributed by atoms with Crippen molar-refractivity contribution in [2.24, 2.45) is 5.73 Å². The highest BCUT2D eigenvalue weighted by atomic mass is 32.2. The number of hydrogen-bond acceptors (Lipinski definition) is 3. The fourth-order valence-corrected chi connectivity index (χ4v) is 0.739. The molecule has 0 radical (unpaired) electrons. The number of rotatable bonds is 3. The van der Waals surface area contributed by atoms with Crippen molar-refractivity contribution in [2.45, 2.75) is 25.0 Å². The Morgan fingerprint density at radius 2 is 2.10 bits per heavy atom. The molecule has 1 unspecified atom stereocenters. The van der Waals surface area contributed by atoms with Crippen molar-refractivity contribution in [1.29, 1.82) is 0 Å². The minimum absolute atomic E-state index is 0.136. The Bertz CT molecular complexity index is 166. The van der Waals surface area contributed by atoms with Gasteiger partial charge in [-0.25, -0.2) is 0 Å². The van der Waals surface area contributed by atoms with Crippen LogP contribution in [-0.4, -0.2) is 19.4 Å². The lowest BCUT2D eigenvalue weighted by atomic mass is 10.1. The second-order valence-electron chi connectivity index (χ2n) is 2.64. The molecule has 0 aromatic heterocycles. The highest BCUT2D eigenvalue weighted by molar-refractivity contribution is 7.80. The van der Waals surface area contributed by atoms with Crippen LogP contribution in [0.1, 0.15) is 20.3 Å². The fourth-order valence-electron chi connectivity index (χ4n) is 0.479. The van der Waals surface area contributed by atoms with E-state index in [1.54, 1.807) is 0 Å². The molecule has 0 aromatic rings. The first-order valence-corrected chi connectivity index (χ1v) is 3.81. The summed E-state index contributed by atoms with van der Waals surface area (Å²) in [6, 6.07) is 0. The van der Waals surface area contributed by atoms with Gasteiger partial charge in [0.05, 0.1) is 0 Å². The van der Waals surface area contributed by atoms with Gasteiger partial charge >= 0.3 is 0 Å². The van der Waals surface area contributed by atoms with Crippen LogP contribution in [0.25, 0.3) is 0 Å². The maximum absolute atomic E-state index is 10.3. The van der Waals surface area contributed by atoms with E-state index in [2.05, 4.69) is 0 Å². The maximum Gasteiger partial charge on any atom is 0.218 e. The van der Waals surface area contributed by atoms with Crippen LogP contribution >= 0.6 is 0 Å². The third-order valence-corrected chi connectivity index (χ3v) is 2.10. The van der Waals surface area contributed by atoms with Crippen molar-refractivity contribution in [1.82, 2.24) is 0 Å². The van der Waals surface area contributed by atoms with Crippen molar-refractivity contribution in [2.75, 3.05) is 0 Å². The predicted octanol–water partition coefficient (Wildman–Crippen LogP) is -0.480. The Labute approximate surface area is 62.1 Å². The molecule has 0 spiro atoms. The number of amides is 1. The van der Waals surface area contributed by atoms with E-state index < -0.39 is 21.7 Å².